The van der Waals surface area contributed by atoms with E-state index in [-0.39, 0.29) is 11.5 Å². The second kappa shape index (κ2) is 4.61. The number of ketones is 1. The maximum Gasteiger partial charge on any atom is 0.325 e. The lowest BCUT2D eigenvalue weighted by Gasteiger charge is -2.07. The molecule has 3 N–H and O–H groups in total. The monoisotopic (exact) mass is 224 g/mol. The molecule has 0 bridgehead atoms. The maximum atomic E-state index is 11.5. The summed E-state index contributed by atoms with van der Waals surface area (Å²) in [5, 5.41) is 10.9. The summed E-state index contributed by atoms with van der Waals surface area (Å²) in [6.07, 6.45) is 1.41. The third-order valence-corrected chi connectivity index (χ3v) is 2.05. The summed E-state index contributed by atoms with van der Waals surface area (Å²) in [5.74, 6) is -1.84. The summed E-state index contributed by atoms with van der Waals surface area (Å²) in [7, 11) is 0. The van der Waals surface area contributed by atoms with Crippen molar-refractivity contribution in [2.45, 2.75) is 19.9 Å². The van der Waals surface area contributed by atoms with Crippen molar-refractivity contribution in [1.82, 2.24) is 10.3 Å². The molecule has 6 nitrogen and oxygen atoms in total. The summed E-state index contributed by atoms with van der Waals surface area (Å²) in [6.45, 7) is 2.74. The average Bonchev–Trinajstić information content (AvgIpc) is 2.65. The predicted molar refractivity (Wildman–Crippen MR) is 55.4 cm³/mol. The van der Waals surface area contributed by atoms with Crippen molar-refractivity contribution in [3.63, 3.8) is 0 Å². The molecule has 0 aromatic carbocycles. The van der Waals surface area contributed by atoms with Gasteiger partial charge < -0.3 is 15.4 Å². The number of Topliss-reactive ketones (excluding diaryl/α,β-unsaturated/α-hetero) is 1. The third-order valence-electron chi connectivity index (χ3n) is 2.05. The van der Waals surface area contributed by atoms with E-state index in [1.807, 2.05) is 0 Å². The number of aromatic amines is 1. The molecule has 86 valence electrons. The fourth-order valence-corrected chi connectivity index (χ4v) is 1.06. The van der Waals surface area contributed by atoms with E-state index in [0.717, 1.165) is 0 Å². The van der Waals surface area contributed by atoms with Crippen molar-refractivity contribution in [3.8, 4) is 0 Å². The van der Waals surface area contributed by atoms with Crippen molar-refractivity contribution in [3.05, 3.63) is 23.5 Å². The Balaban J connectivity index is 2.73. The molecule has 1 heterocycles. The number of hydrogen-bond donors (Lipinski definition) is 3. The van der Waals surface area contributed by atoms with Gasteiger partial charge >= 0.3 is 5.97 Å². The van der Waals surface area contributed by atoms with Crippen LogP contribution >= 0.6 is 0 Å². The molecule has 0 saturated heterocycles. The van der Waals surface area contributed by atoms with Crippen LogP contribution in [-0.2, 0) is 4.79 Å². The minimum Gasteiger partial charge on any atom is -0.480 e. The molecular formula is C10H12N2O4. The van der Waals surface area contributed by atoms with Gasteiger partial charge in [0.15, 0.2) is 5.78 Å². The highest BCUT2D eigenvalue weighted by Gasteiger charge is 2.16. The van der Waals surface area contributed by atoms with Crippen LogP contribution in [0.25, 0.3) is 0 Å². The van der Waals surface area contributed by atoms with E-state index in [1.165, 1.54) is 26.1 Å². The van der Waals surface area contributed by atoms with Crippen molar-refractivity contribution in [2.24, 2.45) is 0 Å². The first kappa shape index (κ1) is 12.0. The molecule has 0 fully saturated rings. The molecule has 6 heteroatoms. The van der Waals surface area contributed by atoms with Crippen molar-refractivity contribution in [1.29, 1.82) is 0 Å². The summed E-state index contributed by atoms with van der Waals surface area (Å²) in [4.78, 5) is 35.6. The SMILES string of the molecule is CC(=O)c1c[nH]c(C(=O)NC(C)C(=O)O)c1. The summed E-state index contributed by atoms with van der Waals surface area (Å²) >= 11 is 0. The Labute approximate surface area is 91.7 Å². The number of H-pyrrole nitrogens is 1. The molecule has 1 rings (SSSR count). The third kappa shape index (κ3) is 2.69. The van der Waals surface area contributed by atoms with Gasteiger partial charge in [-0.1, -0.05) is 0 Å². The number of amides is 1. The second-order valence-corrected chi connectivity index (χ2v) is 3.39. The Morgan fingerprint density at radius 3 is 2.50 bits per heavy atom. The number of carboxylic acid groups (broad SMARTS) is 1. The van der Waals surface area contributed by atoms with Crippen LogP contribution in [0.15, 0.2) is 12.3 Å². The molecule has 1 unspecified atom stereocenters. The Kier molecular flexibility index (Phi) is 3.44. The smallest absolute Gasteiger partial charge is 0.325 e. The average molecular weight is 224 g/mol. The Hall–Kier alpha value is -2.11. The summed E-state index contributed by atoms with van der Waals surface area (Å²) in [5.41, 5.74) is 0.548. The maximum absolute atomic E-state index is 11.5. The van der Waals surface area contributed by atoms with E-state index in [9.17, 15) is 14.4 Å². The lowest BCUT2D eigenvalue weighted by atomic mass is 10.2. The highest BCUT2D eigenvalue weighted by Crippen LogP contribution is 2.04. The Morgan fingerprint density at radius 1 is 1.44 bits per heavy atom. The second-order valence-electron chi connectivity index (χ2n) is 3.39. The van der Waals surface area contributed by atoms with E-state index < -0.39 is 17.9 Å². The normalized spacial score (nSPS) is 11.9. The van der Waals surface area contributed by atoms with Crippen LogP contribution in [0.4, 0.5) is 0 Å². The van der Waals surface area contributed by atoms with Gasteiger partial charge in [0.1, 0.15) is 11.7 Å². The van der Waals surface area contributed by atoms with Crippen molar-refractivity contribution >= 4 is 17.7 Å². The first-order valence-corrected chi connectivity index (χ1v) is 4.65. The van der Waals surface area contributed by atoms with Crippen molar-refractivity contribution in [2.75, 3.05) is 0 Å². The number of rotatable bonds is 4. The van der Waals surface area contributed by atoms with Crippen molar-refractivity contribution < 1.29 is 19.5 Å². The zero-order chi connectivity index (χ0) is 12.3. The van der Waals surface area contributed by atoms with Gasteiger partial charge in [0.2, 0.25) is 0 Å². The molecular weight excluding hydrogens is 212 g/mol. The van der Waals surface area contributed by atoms with E-state index in [0.29, 0.717) is 5.56 Å². The van der Waals surface area contributed by atoms with Gasteiger partial charge in [0, 0.05) is 11.8 Å². The number of aromatic nitrogens is 1. The molecule has 16 heavy (non-hydrogen) atoms. The van der Waals surface area contributed by atoms with E-state index in [2.05, 4.69) is 10.3 Å². The molecule has 0 radical (unpaired) electrons. The minimum absolute atomic E-state index is 0.165. The number of nitrogens with one attached hydrogen (secondary N) is 2. The van der Waals surface area contributed by atoms with Gasteiger partial charge in [0.05, 0.1) is 0 Å². The molecule has 1 amide bonds. The number of hydrogen-bond acceptors (Lipinski definition) is 3. The highest BCUT2D eigenvalue weighted by molar-refractivity contribution is 5.99. The fourth-order valence-electron chi connectivity index (χ4n) is 1.06. The van der Waals surface area contributed by atoms with E-state index in [4.69, 9.17) is 5.11 Å². The molecule has 1 aromatic rings. The predicted octanol–water partition coefficient (Wildman–Crippen LogP) is 0.420. The molecule has 0 spiro atoms. The highest BCUT2D eigenvalue weighted by atomic mass is 16.4. The van der Waals surface area contributed by atoms with Gasteiger partial charge in [-0.05, 0) is 19.9 Å². The van der Waals surface area contributed by atoms with Crippen LogP contribution in [0.1, 0.15) is 34.7 Å². The van der Waals surface area contributed by atoms with E-state index in [1.54, 1.807) is 0 Å². The van der Waals surface area contributed by atoms with Crippen LogP contribution in [0.2, 0.25) is 0 Å². The van der Waals surface area contributed by atoms with Gasteiger partial charge in [-0.25, -0.2) is 0 Å². The molecule has 1 aromatic heterocycles. The van der Waals surface area contributed by atoms with Gasteiger partial charge in [-0.2, -0.15) is 0 Å². The van der Waals surface area contributed by atoms with Crippen LogP contribution in [0.5, 0.6) is 0 Å². The molecule has 1 atom stereocenters. The fraction of sp³-hybridized carbons (Fsp3) is 0.300. The number of carboxylic acids is 1. The molecule has 0 aliphatic carbocycles. The lowest BCUT2D eigenvalue weighted by Crippen LogP contribution is -2.38. The van der Waals surface area contributed by atoms with Crippen LogP contribution < -0.4 is 5.32 Å². The van der Waals surface area contributed by atoms with Gasteiger partial charge in [0.25, 0.3) is 5.91 Å². The standard InChI is InChI=1S/C10H12N2O4/c1-5(10(15)16)12-9(14)8-3-7(4-11-8)6(2)13/h3-5,11H,1-2H3,(H,12,14)(H,15,16). The number of carbonyl (C=O) groups is 3. The first-order valence-electron chi connectivity index (χ1n) is 4.65. The van der Waals surface area contributed by atoms with Crippen LogP contribution in [-0.4, -0.2) is 33.8 Å². The molecule has 0 aliphatic rings. The minimum atomic E-state index is -1.12. The Bertz CT molecular complexity index is 436. The van der Waals surface area contributed by atoms with Gasteiger partial charge in [-0.15, -0.1) is 0 Å². The number of aliphatic carboxylic acids is 1. The number of carbonyl (C=O) groups excluding carboxylic acids is 2. The zero-order valence-corrected chi connectivity index (χ0v) is 8.90. The van der Waals surface area contributed by atoms with E-state index >= 15 is 0 Å². The quantitative estimate of drug-likeness (QED) is 0.645. The topological polar surface area (TPSA) is 99.3 Å². The van der Waals surface area contributed by atoms with Crippen LogP contribution in [0.3, 0.4) is 0 Å². The zero-order valence-electron chi connectivity index (χ0n) is 8.90. The summed E-state index contributed by atoms with van der Waals surface area (Å²) in [6, 6.07) is 0.406. The molecule has 0 saturated carbocycles. The largest absolute Gasteiger partial charge is 0.480 e. The lowest BCUT2D eigenvalue weighted by molar-refractivity contribution is -0.138. The van der Waals surface area contributed by atoms with Crippen LogP contribution in [0, 0.1) is 0 Å². The molecule has 0 aliphatic heterocycles. The first-order chi connectivity index (χ1) is 7.41. The Morgan fingerprint density at radius 2 is 2.06 bits per heavy atom. The summed E-state index contributed by atoms with van der Waals surface area (Å²) < 4.78 is 0. The van der Waals surface area contributed by atoms with Gasteiger partial charge in [-0.3, -0.25) is 14.4 Å².